The van der Waals surface area contributed by atoms with Crippen LogP contribution in [0, 0.1) is 5.41 Å². The summed E-state index contributed by atoms with van der Waals surface area (Å²) in [5.74, 6) is -0.544. The van der Waals surface area contributed by atoms with E-state index in [9.17, 15) is 9.90 Å². The average Bonchev–Trinajstić information content (AvgIpc) is 3.33. The molecule has 0 unspecified atom stereocenters. The number of nitrogens with zero attached hydrogens (tertiary/aromatic N) is 1. The second-order valence-corrected chi connectivity index (χ2v) is 10.4. The quantitative estimate of drug-likeness (QED) is 0.704. The number of carbonyl (C=O) groups excluding carboxylic acids is 1. The Balaban J connectivity index is 0.00000150. The van der Waals surface area contributed by atoms with Crippen molar-refractivity contribution in [3.05, 3.63) is 44.8 Å². The molecule has 0 aromatic carbocycles. The molecule has 2 bridgehead atoms. The van der Waals surface area contributed by atoms with E-state index < -0.39 is 11.6 Å². The fraction of sp³-hybridized carbons (Fsp3) is 0.571. The van der Waals surface area contributed by atoms with Gasteiger partial charge in [0.15, 0.2) is 0 Å². The van der Waals surface area contributed by atoms with Crippen LogP contribution in [0.15, 0.2) is 35.0 Å². The fourth-order valence-corrected chi connectivity index (χ4v) is 6.47. The molecule has 2 aromatic heterocycles. The second kappa shape index (κ2) is 9.04. The van der Waals surface area contributed by atoms with Crippen molar-refractivity contribution < 1.29 is 20.1 Å². The molecule has 2 aliphatic heterocycles. The van der Waals surface area contributed by atoms with E-state index in [0.29, 0.717) is 21.8 Å². The van der Waals surface area contributed by atoms with Gasteiger partial charge in [-0.1, -0.05) is 26.0 Å². The highest BCUT2D eigenvalue weighted by molar-refractivity contribution is 7.12. The molecule has 2 fully saturated rings. The van der Waals surface area contributed by atoms with Gasteiger partial charge in [0.05, 0.1) is 9.75 Å². The Kier molecular flexibility index (Phi) is 7.58. The summed E-state index contributed by atoms with van der Waals surface area (Å²) in [4.78, 5) is 16.9. The fourth-order valence-electron chi connectivity index (χ4n) is 4.76. The summed E-state index contributed by atoms with van der Waals surface area (Å²) < 4.78 is 5.98. The first-order valence-corrected chi connectivity index (χ1v) is 11.3. The van der Waals surface area contributed by atoms with Crippen LogP contribution in [0.25, 0.3) is 0 Å². The van der Waals surface area contributed by atoms with E-state index in [1.165, 1.54) is 29.1 Å². The lowest BCUT2D eigenvalue weighted by Gasteiger charge is -2.54. The minimum Gasteiger partial charge on any atom is -0.460 e. The van der Waals surface area contributed by atoms with E-state index in [1.54, 1.807) is 12.1 Å². The SMILES string of the molecule is CN1[C@@H]2CCC(C)(C)[C@H]1C[C@H](OC(=O)C(O)(c1cccs1)c1cccs1)C2.Cl.O. The van der Waals surface area contributed by atoms with Gasteiger partial charge in [0.25, 0.3) is 0 Å². The van der Waals surface area contributed by atoms with Crippen molar-refractivity contribution in [1.82, 2.24) is 4.90 Å². The molecule has 162 valence electrons. The number of fused-ring (bicyclic) bond motifs is 2. The molecule has 4 heterocycles. The third-order valence-electron chi connectivity index (χ3n) is 6.44. The topological polar surface area (TPSA) is 81.3 Å². The minimum absolute atomic E-state index is 0. The van der Waals surface area contributed by atoms with Crippen molar-refractivity contribution >= 4 is 41.0 Å². The van der Waals surface area contributed by atoms with Crippen LogP contribution in [0.4, 0.5) is 0 Å². The number of piperidine rings is 2. The average molecular weight is 460 g/mol. The molecule has 3 N–H and O–H groups in total. The van der Waals surface area contributed by atoms with Crippen molar-refractivity contribution in [2.24, 2.45) is 5.41 Å². The molecule has 5 nitrogen and oxygen atoms in total. The summed E-state index contributed by atoms with van der Waals surface area (Å²) in [7, 11) is 2.20. The summed E-state index contributed by atoms with van der Waals surface area (Å²) in [5.41, 5.74) is -1.50. The normalized spacial score (nSPS) is 26.1. The van der Waals surface area contributed by atoms with E-state index in [2.05, 4.69) is 25.8 Å². The van der Waals surface area contributed by atoms with Crippen LogP contribution in [0.2, 0.25) is 0 Å². The number of ether oxygens (including phenoxy) is 1. The minimum atomic E-state index is -1.71. The molecular weight excluding hydrogens is 430 g/mol. The van der Waals surface area contributed by atoms with Gasteiger partial charge in [-0.15, -0.1) is 35.1 Å². The Morgan fingerprint density at radius 3 is 2.31 bits per heavy atom. The molecule has 2 saturated heterocycles. The lowest BCUT2D eigenvalue weighted by molar-refractivity contribution is -0.175. The third kappa shape index (κ3) is 4.27. The van der Waals surface area contributed by atoms with Crippen molar-refractivity contribution in [1.29, 1.82) is 0 Å². The van der Waals surface area contributed by atoms with Crippen molar-refractivity contribution in [3.63, 3.8) is 0 Å². The van der Waals surface area contributed by atoms with Crippen molar-refractivity contribution in [3.8, 4) is 0 Å². The first-order valence-electron chi connectivity index (χ1n) is 9.55. The molecule has 29 heavy (non-hydrogen) atoms. The van der Waals surface area contributed by atoms with Gasteiger partial charge in [0, 0.05) is 18.5 Å². The van der Waals surface area contributed by atoms with Gasteiger partial charge in [-0.25, -0.2) is 4.79 Å². The van der Waals surface area contributed by atoms with Gasteiger partial charge in [0.2, 0.25) is 5.60 Å². The van der Waals surface area contributed by atoms with Gasteiger partial charge in [0.1, 0.15) is 6.10 Å². The number of esters is 1. The van der Waals surface area contributed by atoms with Gasteiger partial charge in [-0.05, 0) is 54.6 Å². The zero-order chi connectivity index (χ0) is 19.2. The van der Waals surface area contributed by atoms with Gasteiger partial charge in [-0.3, -0.25) is 4.90 Å². The van der Waals surface area contributed by atoms with Gasteiger partial charge < -0.3 is 15.3 Å². The third-order valence-corrected chi connectivity index (χ3v) is 8.39. The Bertz CT molecular complexity index is 759. The van der Waals surface area contributed by atoms with E-state index >= 15 is 0 Å². The van der Waals surface area contributed by atoms with E-state index in [-0.39, 0.29) is 29.4 Å². The van der Waals surface area contributed by atoms with Crippen molar-refractivity contribution in [2.45, 2.75) is 63.3 Å². The molecule has 8 heteroatoms. The van der Waals surface area contributed by atoms with Crippen LogP contribution < -0.4 is 0 Å². The maximum absolute atomic E-state index is 13.2. The predicted molar refractivity (Wildman–Crippen MR) is 120 cm³/mol. The second-order valence-electron chi connectivity index (χ2n) is 8.53. The van der Waals surface area contributed by atoms with Crippen LogP contribution in [-0.4, -0.2) is 46.7 Å². The van der Waals surface area contributed by atoms with Crippen LogP contribution in [0.1, 0.15) is 49.3 Å². The molecule has 2 aromatic rings. The summed E-state index contributed by atoms with van der Waals surface area (Å²) >= 11 is 2.77. The molecule has 0 saturated carbocycles. The standard InChI is InChI=1S/C21H27NO3S2.ClH.H2O/c1-20(2)9-8-14-12-15(13-16(20)22(14)3)25-19(23)21(24,17-6-4-10-26-17)18-7-5-11-27-18;;/h4-7,10-11,14-16,24H,8-9,12-13H2,1-3H3;1H;1H2/t14-,15-,16-;;/m1../s1. The molecule has 2 aliphatic rings. The zero-order valence-corrected chi connectivity index (χ0v) is 19.4. The monoisotopic (exact) mass is 459 g/mol. The van der Waals surface area contributed by atoms with Crippen LogP contribution in [0.3, 0.4) is 0 Å². The summed E-state index contributed by atoms with van der Waals surface area (Å²) in [6, 6.07) is 8.17. The summed E-state index contributed by atoms with van der Waals surface area (Å²) in [5, 5.41) is 15.2. The number of halogens is 1. The smallest absolute Gasteiger partial charge is 0.349 e. The van der Waals surface area contributed by atoms with E-state index in [4.69, 9.17) is 4.74 Å². The van der Waals surface area contributed by atoms with Crippen LogP contribution in [-0.2, 0) is 15.1 Å². The summed E-state index contributed by atoms with van der Waals surface area (Å²) in [6.45, 7) is 4.62. The first kappa shape index (κ1) is 24.3. The maximum atomic E-state index is 13.2. The maximum Gasteiger partial charge on any atom is 0.349 e. The first-order chi connectivity index (χ1) is 12.8. The number of carbonyl (C=O) groups is 1. The highest BCUT2D eigenvalue weighted by atomic mass is 35.5. The lowest BCUT2D eigenvalue weighted by atomic mass is 9.68. The van der Waals surface area contributed by atoms with Crippen LogP contribution >= 0.6 is 35.1 Å². The molecule has 3 atom stereocenters. The Morgan fingerprint density at radius 2 is 1.79 bits per heavy atom. The van der Waals surface area contributed by atoms with Crippen LogP contribution in [0.5, 0.6) is 0 Å². The highest BCUT2D eigenvalue weighted by Gasteiger charge is 2.49. The molecule has 4 rings (SSSR count). The largest absolute Gasteiger partial charge is 0.460 e. The number of rotatable bonds is 4. The molecule has 0 amide bonds. The van der Waals surface area contributed by atoms with Gasteiger partial charge in [-0.2, -0.15) is 0 Å². The predicted octanol–water partition coefficient (Wildman–Crippen LogP) is 3.84. The molecular formula is C21H30ClNO4S2. The number of hydrogen-bond acceptors (Lipinski definition) is 6. The Hall–Kier alpha value is -0.960. The zero-order valence-electron chi connectivity index (χ0n) is 17.0. The number of thiophene rings is 2. The molecule has 0 radical (unpaired) electrons. The molecule has 0 aliphatic carbocycles. The van der Waals surface area contributed by atoms with Crippen molar-refractivity contribution in [2.75, 3.05) is 7.05 Å². The Labute approximate surface area is 186 Å². The number of aliphatic hydroxyl groups is 1. The summed E-state index contributed by atoms with van der Waals surface area (Å²) in [6.07, 6.45) is 3.88. The van der Waals surface area contributed by atoms with E-state index in [1.807, 2.05) is 22.9 Å². The number of hydrogen-bond donors (Lipinski definition) is 1. The van der Waals surface area contributed by atoms with Gasteiger partial charge >= 0.3 is 5.97 Å². The Morgan fingerprint density at radius 1 is 1.21 bits per heavy atom. The van der Waals surface area contributed by atoms with E-state index in [0.717, 1.165) is 19.3 Å². The lowest BCUT2D eigenvalue weighted by Crippen LogP contribution is -2.59. The molecule has 0 spiro atoms. The highest BCUT2D eigenvalue weighted by Crippen LogP contribution is 2.45.